The summed E-state index contributed by atoms with van der Waals surface area (Å²) in [6.07, 6.45) is 0. The Labute approximate surface area is 117 Å². The number of rotatable bonds is 7. The minimum Gasteiger partial charge on any atom is -0.497 e. The number of methoxy groups -OCH3 is 2. The average molecular weight is 277 g/mol. The maximum Gasteiger partial charge on any atom is 0.146 e. The Hall–Kier alpha value is -1.89. The number of nitrogens with two attached hydrogens (primary N) is 1. The second-order valence-electron chi connectivity index (χ2n) is 4.24. The molecular formula is C14H19N3O3. The van der Waals surface area contributed by atoms with E-state index in [1.807, 2.05) is 24.3 Å². The lowest BCUT2D eigenvalue weighted by atomic mass is 10.1. The van der Waals surface area contributed by atoms with Gasteiger partial charge < -0.3 is 19.6 Å². The standard InChI is InChI=1S/C14H19N3O3/c1-18-5-6-20-9-11-7-10-3-4-12(19-2)8-13(10)16-14(11)17-15/h3-4,7-8H,5-6,9,15H2,1-2H3,(H,16,17). The molecule has 6 heteroatoms. The lowest BCUT2D eigenvalue weighted by molar-refractivity contribution is 0.0618. The SMILES string of the molecule is COCCOCc1cc2ccc(OC)cc2nc1NN. The molecule has 0 aliphatic heterocycles. The fourth-order valence-corrected chi connectivity index (χ4v) is 1.88. The number of nitrogen functional groups attached to an aromatic ring is 1. The molecule has 0 aliphatic rings. The fourth-order valence-electron chi connectivity index (χ4n) is 1.88. The third-order valence-electron chi connectivity index (χ3n) is 2.93. The molecule has 3 N–H and O–H groups in total. The highest BCUT2D eigenvalue weighted by atomic mass is 16.5. The van der Waals surface area contributed by atoms with Crippen molar-refractivity contribution in [3.63, 3.8) is 0 Å². The van der Waals surface area contributed by atoms with Crippen LogP contribution in [0, 0.1) is 0 Å². The van der Waals surface area contributed by atoms with Crippen molar-refractivity contribution in [3.05, 3.63) is 29.8 Å². The molecule has 0 fully saturated rings. The van der Waals surface area contributed by atoms with E-state index in [-0.39, 0.29) is 0 Å². The average Bonchev–Trinajstić information content (AvgIpc) is 2.50. The molecule has 1 heterocycles. The van der Waals surface area contributed by atoms with E-state index < -0.39 is 0 Å². The van der Waals surface area contributed by atoms with Crippen LogP contribution in [0.2, 0.25) is 0 Å². The number of pyridine rings is 1. The normalized spacial score (nSPS) is 10.8. The van der Waals surface area contributed by atoms with E-state index in [1.54, 1.807) is 14.2 Å². The predicted molar refractivity (Wildman–Crippen MR) is 77.6 cm³/mol. The molecule has 0 unspecified atom stereocenters. The molecule has 1 aromatic carbocycles. The Kier molecular flexibility index (Phi) is 5.11. The van der Waals surface area contributed by atoms with E-state index in [9.17, 15) is 0 Å². The molecule has 0 aliphatic carbocycles. The highest BCUT2D eigenvalue weighted by Crippen LogP contribution is 2.24. The van der Waals surface area contributed by atoms with Crippen LogP contribution in [-0.2, 0) is 16.1 Å². The van der Waals surface area contributed by atoms with Crippen LogP contribution in [0.5, 0.6) is 5.75 Å². The zero-order chi connectivity index (χ0) is 14.4. The summed E-state index contributed by atoms with van der Waals surface area (Å²) in [5, 5.41) is 1.01. The van der Waals surface area contributed by atoms with Gasteiger partial charge in [-0.05, 0) is 18.2 Å². The van der Waals surface area contributed by atoms with Crippen LogP contribution in [0.25, 0.3) is 10.9 Å². The lowest BCUT2D eigenvalue weighted by Gasteiger charge is -2.11. The number of anilines is 1. The number of benzene rings is 1. The number of ether oxygens (including phenoxy) is 3. The Balaban J connectivity index is 2.25. The van der Waals surface area contributed by atoms with Crippen molar-refractivity contribution in [3.8, 4) is 5.75 Å². The summed E-state index contributed by atoms with van der Waals surface area (Å²) in [7, 11) is 3.27. The van der Waals surface area contributed by atoms with Gasteiger partial charge in [0.05, 0.1) is 32.4 Å². The third kappa shape index (κ3) is 3.36. The molecule has 0 amide bonds. The van der Waals surface area contributed by atoms with Gasteiger partial charge in [-0.2, -0.15) is 0 Å². The molecule has 0 saturated heterocycles. The first-order valence-electron chi connectivity index (χ1n) is 6.29. The van der Waals surface area contributed by atoms with Gasteiger partial charge in [0.15, 0.2) is 0 Å². The number of hydrazine groups is 1. The molecular weight excluding hydrogens is 258 g/mol. The minimum absolute atomic E-state index is 0.428. The maximum atomic E-state index is 5.52. The van der Waals surface area contributed by atoms with Crippen molar-refractivity contribution in [1.29, 1.82) is 0 Å². The monoisotopic (exact) mass is 277 g/mol. The molecule has 0 bridgehead atoms. The number of fused-ring (bicyclic) bond motifs is 1. The van der Waals surface area contributed by atoms with Gasteiger partial charge in [0, 0.05) is 24.1 Å². The second-order valence-corrected chi connectivity index (χ2v) is 4.24. The third-order valence-corrected chi connectivity index (χ3v) is 2.93. The molecule has 2 aromatic rings. The Morgan fingerprint density at radius 3 is 2.75 bits per heavy atom. The summed E-state index contributed by atoms with van der Waals surface area (Å²) in [5.41, 5.74) is 4.32. The zero-order valence-corrected chi connectivity index (χ0v) is 11.7. The molecule has 0 radical (unpaired) electrons. The number of nitrogens with zero attached hydrogens (tertiary/aromatic N) is 1. The summed E-state index contributed by atoms with van der Waals surface area (Å²) in [6.45, 7) is 1.52. The van der Waals surface area contributed by atoms with Gasteiger partial charge in [-0.15, -0.1) is 0 Å². The van der Waals surface area contributed by atoms with Gasteiger partial charge >= 0.3 is 0 Å². The van der Waals surface area contributed by atoms with Crippen LogP contribution in [0.3, 0.4) is 0 Å². The molecule has 0 saturated carbocycles. The summed E-state index contributed by atoms with van der Waals surface area (Å²) < 4.78 is 15.6. The largest absolute Gasteiger partial charge is 0.497 e. The molecule has 2 rings (SSSR count). The van der Waals surface area contributed by atoms with E-state index >= 15 is 0 Å². The highest BCUT2D eigenvalue weighted by Gasteiger charge is 2.07. The fraction of sp³-hybridized carbons (Fsp3) is 0.357. The van der Waals surface area contributed by atoms with E-state index in [4.69, 9.17) is 20.1 Å². The summed E-state index contributed by atoms with van der Waals surface area (Å²) >= 11 is 0. The number of hydrogen-bond donors (Lipinski definition) is 2. The minimum atomic E-state index is 0.428. The molecule has 0 spiro atoms. The first-order valence-corrected chi connectivity index (χ1v) is 6.29. The van der Waals surface area contributed by atoms with Crippen LogP contribution in [0.4, 0.5) is 5.82 Å². The van der Waals surface area contributed by atoms with E-state index in [0.29, 0.717) is 25.6 Å². The van der Waals surface area contributed by atoms with Crippen LogP contribution >= 0.6 is 0 Å². The summed E-state index contributed by atoms with van der Waals surface area (Å²) in [5.74, 6) is 6.88. The number of hydrogen-bond acceptors (Lipinski definition) is 6. The summed E-state index contributed by atoms with van der Waals surface area (Å²) in [6, 6.07) is 7.73. The van der Waals surface area contributed by atoms with Crippen molar-refractivity contribution in [1.82, 2.24) is 4.98 Å². The van der Waals surface area contributed by atoms with Crippen LogP contribution in [-0.4, -0.2) is 32.4 Å². The smallest absolute Gasteiger partial charge is 0.146 e. The van der Waals surface area contributed by atoms with E-state index in [2.05, 4.69) is 10.4 Å². The number of aromatic nitrogens is 1. The zero-order valence-electron chi connectivity index (χ0n) is 11.7. The second kappa shape index (κ2) is 7.04. The molecule has 108 valence electrons. The topological polar surface area (TPSA) is 78.6 Å². The first-order chi connectivity index (χ1) is 9.78. The Bertz CT molecular complexity index is 575. The maximum absolute atomic E-state index is 5.52. The summed E-state index contributed by atoms with van der Waals surface area (Å²) in [4.78, 5) is 4.47. The van der Waals surface area contributed by atoms with Crippen molar-refractivity contribution in [2.45, 2.75) is 6.61 Å². The van der Waals surface area contributed by atoms with Crippen molar-refractivity contribution in [2.75, 3.05) is 32.9 Å². The predicted octanol–water partition coefficient (Wildman–Crippen LogP) is 1.69. The van der Waals surface area contributed by atoms with Crippen molar-refractivity contribution < 1.29 is 14.2 Å². The molecule has 20 heavy (non-hydrogen) atoms. The first kappa shape index (κ1) is 14.5. The Morgan fingerprint density at radius 2 is 2.05 bits per heavy atom. The van der Waals surface area contributed by atoms with E-state index in [0.717, 1.165) is 22.2 Å². The van der Waals surface area contributed by atoms with Gasteiger partial charge in [-0.1, -0.05) is 0 Å². The van der Waals surface area contributed by atoms with Crippen LogP contribution in [0.1, 0.15) is 5.56 Å². The van der Waals surface area contributed by atoms with Gasteiger partial charge in [0.25, 0.3) is 0 Å². The van der Waals surface area contributed by atoms with Gasteiger partial charge in [0.2, 0.25) is 0 Å². The van der Waals surface area contributed by atoms with Crippen LogP contribution < -0.4 is 16.0 Å². The highest BCUT2D eigenvalue weighted by molar-refractivity contribution is 5.83. The van der Waals surface area contributed by atoms with Crippen LogP contribution in [0.15, 0.2) is 24.3 Å². The molecule has 0 atom stereocenters. The lowest BCUT2D eigenvalue weighted by Crippen LogP contribution is -2.12. The van der Waals surface area contributed by atoms with Crippen molar-refractivity contribution in [2.24, 2.45) is 5.84 Å². The quantitative estimate of drug-likeness (QED) is 0.455. The molecule has 1 aromatic heterocycles. The van der Waals surface area contributed by atoms with E-state index in [1.165, 1.54) is 0 Å². The van der Waals surface area contributed by atoms with Gasteiger partial charge in [-0.25, -0.2) is 10.8 Å². The molecule has 6 nitrogen and oxygen atoms in total. The Morgan fingerprint density at radius 1 is 1.20 bits per heavy atom. The number of nitrogens with one attached hydrogen (secondary N) is 1. The van der Waals surface area contributed by atoms with Gasteiger partial charge in [0.1, 0.15) is 11.6 Å². The van der Waals surface area contributed by atoms with Crippen molar-refractivity contribution >= 4 is 16.7 Å². The van der Waals surface area contributed by atoms with Gasteiger partial charge in [-0.3, -0.25) is 0 Å².